The molecule has 0 bridgehead atoms. The van der Waals surface area contributed by atoms with Crippen molar-refractivity contribution in [2.24, 2.45) is 0 Å². The molecule has 0 spiro atoms. The fourth-order valence-corrected chi connectivity index (χ4v) is 2.39. The first-order chi connectivity index (χ1) is 10.8. The summed E-state index contributed by atoms with van der Waals surface area (Å²) in [5.41, 5.74) is 2.47. The zero-order valence-corrected chi connectivity index (χ0v) is 13.9. The van der Waals surface area contributed by atoms with Crippen LogP contribution in [0.4, 0.5) is 0 Å². The zero-order chi connectivity index (χ0) is 15.6. The van der Waals surface area contributed by atoms with Crippen LogP contribution in [0.2, 0.25) is 0 Å². The number of nitrogens with zero attached hydrogens (tertiary/aromatic N) is 1. The number of hydrogen-bond acceptors (Lipinski definition) is 2. The van der Waals surface area contributed by atoms with Gasteiger partial charge in [-0.1, -0.05) is 55.8 Å². The van der Waals surface area contributed by atoms with Gasteiger partial charge in [-0.2, -0.15) is 0 Å². The van der Waals surface area contributed by atoms with Gasteiger partial charge in [0.05, 0.1) is 0 Å². The van der Waals surface area contributed by atoms with Crippen LogP contribution < -0.4 is 4.74 Å². The van der Waals surface area contributed by atoms with Crippen molar-refractivity contribution in [1.29, 1.82) is 0 Å². The van der Waals surface area contributed by atoms with Gasteiger partial charge in [0, 0.05) is 13.1 Å². The predicted molar refractivity (Wildman–Crippen MR) is 93.3 cm³/mol. The third-order valence-electron chi connectivity index (χ3n) is 3.57. The Kier molecular flexibility index (Phi) is 7.27. The maximum atomic E-state index is 6.17. The van der Waals surface area contributed by atoms with Crippen molar-refractivity contribution >= 4 is 11.8 Å². The van der Waals surface area contributed by atoms with Crippen molar-refractivity contribution in [1.82, 2.24) is 4.42 Å². The molecule has 3 heteroatoms. The van der Waals surface area contributed by atoms with E-state index in [9.17, 15) is 0 Å². The van der Waals surface area contributed by atoms with E-state index >= 15 is 0 Å². The fraction of sp³-hybridized carbons (Fsp3) is 0.368. The molecule has 0 aromatic heterocycles. The highest BCUT2D eigenvalue weighted by molar-refractivity contribution is 6.13. The van der Waals surface area contributed by atoms with Crippen LogP contribution >= 0.6 is 11.8 Å². The van der Waals surface area contributed by atoms with E-state index in [4.69, 9.17) is 16.5 Å². The first-order valence-electron chi connectivity index (χ1n) is 7.94. The molecule has 2 nitrogen and oxygen atoms in total. The van der Waals surface area contributed by atoms with Crippen molar-refractivity contribution < 1.29 is 4.74 Å². The van der Waals surface area contributed by atoms with Crippen molar-refractivity contribution in [2.75, 3.05) is 13.1 Å². The van der Waals surface area contributed by atoms with Crippen molar-refractivity contribution in [3.63, 3.8) is 0 Å². The topological polar surface area (TPSA) is 12.5 Å². The number of unbranched alkanes of at least 4 members (excludes halogenated alkanes) is 1. The highest BCUT2D eigenvalue weighted by Gasteiger charge is 2.02. The summed E-state index contributed by atoms with van der Waals surface area (Å²) in [5.74, 6) is 0.904. The highest BCUT2D eigenvalue weighted by Crippen LogP contribution is 2.15. The molecule has 0 unspecified atom stereocenters. The third-order valence-corrected chi connectivity index (χ3v) is 3.91. The lowest BCUT2D eigenvalue weighted by Gasteiger charge is -2.13. The lowest BCUT2D eigenvalue weighted by atomic mass is 10.1. The molecule has 0 saturated heterocycles. The molecule has 2 aromatic rings. The summed E-state index contributed by atoms with van der Waals surface area (Å²) in [7, 11) is 0. The Labute approximate surface area is 138 Å². The predicted octanol–water partition coefficient (Wildman–Crippen LogP) is 5.06. The minimum absolute atomic E-state index is 0.604. The van der Waals surface area contributed by atoms with E-state index in [-0.39, 0.29) is 0 Å². The van der Waals surface area contributed by atoms with Crippen LogP contribution in [-0.4, -0.2) is 17.5 Å². The van der Waals surface area contributed by atoms with Crippen molar-refractivity contribution in [2.45, 2.75) is 32.8 Å². The van der Waals surface area contributed by atoms with E-state index in [2.05, 4.69) is 31.2 Å². The van der Waals surface area contributed by atoms with Crippen molar-refractivity contribution in [3.05, 3.63) is 65.7 Å². The van der Waals surface area contributed by atoms with Gasteiger partial charge in [-0.05, 0) is 47.9 Å². The lowest BCUT2D eigenvalue weighted by Crippen LogP contribution is -2.16. The van der Waals surface area contributed by atoms with Crippen molar-refractivity contribution in [3.8, 4) is 5.75 Å². The fourth-order valence-electron chi connectivity index (χ4n) is 2.19. The summed E-state index contributed by atoms with van der Waals surface area (Å²) >= 11 is 6.17. The first kappa shape index (κ1) is 16.9. The number of halogens is 1. The maximum absolute atomic E-state index is 6.17. The van der Waals surface area contributed by atoms with Gasteiger partial charge in [-0.15, -0.1) is 0 Å². The normalized spacial score (nSPS) is 10.9. The van der Waals surface area contributed by atoms with Gasteiger partial charge in [0.2, 0.25) is 0 Å². The Morgan fingerprint density at radius 3 is 2.32 bits per heavy atom. The summed E-state index contributed by atoms with van der Waals surface area (Å²) < 4.78 is 7.67. The maximum Gasteiger partial charge on any atom is 0.119 e. The second-order valence-corrected chi connectivity index (χ2v) is 5.91. The van der Waals surface area contributed by atoms with Gasteiger partial charge < -0.3 is 4.74 Å². The van der Waals surface area contributed by atoms with E-state index in [1.165, 1.54) is 17.5 Å². The van der Waals surface area contributed by atoms with Crippen LogP contribution in [0.1, 0.15) is 30.9 Å². The smallest absolute Gasteiger partial charge is 0.119 e. The largest absolute Gasteiger partial charge is 0.489 e. The monoisotopic (exact) mass is 317 g/mol. The standard InChI is InChI=1S/C19H24ClNO/c1-2-3-14-21(20)15-13-17-9-11-19(12-10-17)22-16-18-7-5-4-6-8-18/h4-12H,2-3,13-16H2,1H3. The molecule has 0 fully saturated rings. The molecule has 0 aliphatic heterocycles. The SMILES string of the molecule is CCCCN(Cl)CCc1ccc(OCc2ccccc2)cc1. The Morgan fingerprint density at radius 2 is 1.64 bits per heavy atom. The molecule has 0 aliphatic rings. The molecule has 0 amide bonds. The summed E-state index contributed by atoms with van der Waals surface area (Å²) in [5, 5.41) is 0. The Morgan fingerprint density at radius 1 is 0.909 bits per heavy atom. The van der Waals surface area contributed by atoms with E-state index < -0.39 is 0 Å². The summed E-state index contributed by atoms with van der Waals surface area (Å²) in [6.07, 6.45) is 3.29. The van der Waals surface area contributed by atoms with Crippen LogP contribution in [0.25, 0.3) is 0 Å². The Balaban J connectivity index is 1.75. The zero-order valence-electron chi connectivity index (χ0n) is 13.2. The van der Waals surface area contributed by atoms with E-state index in [0.29, 0.717) is 6.61 Å². The van der Waals surface area contributed by atoms with Gasteiger partial charge in [0.1, 0.15) is 12.4 Å². The molecule has 0 N–H and O–H groups in total. The number of benzene rings is 2. The molecule has 2 aromatic carbocycles. The average Bonchev–Trinajstić information content (AvgIpc) is 2.58. The lowest BCUT2D eigenvalue weighted by molar-refractivity contribution is 0.306. The van der Waals surface area contributed by atoms with Crippen LogP contribution in [0.5, 0.6) is 5.75 Å². The Bertz CT molecular complexity index is 527. The van der Waals surface area contributed by atoms with Crippen LogP contribution in [-0.2, 0) is 13.0 Å². The van der Waals surface area contributed by atoms with E-state index in [1.54, 1.807) is 0 Å². The Hall–Kier alpha value is -1.51. The molecular weight excluding hydrogens is 294 g/mol. The molecule has 0 aliphatic carbocycles. The quantitative estimate of drug-likeness (QED) is 0.599. The summed E-state index contributed by atoms with van der Waals surface area (Å²) in [6.45, 7) is 4.62. The second kappa shape index (κ2) is 9.50. The molecule has 22 heavy (non-hydrogen) atoms. The number of rotatable bonds is 9. The van der Waals surface area contributed by atoms with Gasteiger partial charge in [-0.3, -0.25) is 0 Å². The van der Waals surface area contributed by atoms with E-state index in [1.807, 2.05) is 34.8 Å². The van der Waals surface area contributed by atoms with Gasteiger partial charge in [0.15, 0.2) is 0 Å². The minimum atomic E-state index is 0.604. The van der Waals surface area contributed by atoms with Crippen LogP contribution in [0, 0.1) is 0 Å². The molecule has 118 valence electrons. The molecule has 0 saturated carbocycles. The van der Waals surface area contributed by atoms with E-state index in [0.717, 1.165) is 31.7 Å². The molecule has 0 radical (unpaired) electrons. The van der Waals surface area contributed by atoms with Gasteiger partial charge in [0.25, 0.3) is 0 Å². The third kappa shape index (κ3) is 6.08. The first-order valence-corrected chi connectivity index (χ1v) is 8.28. The molecule has 2 rings (SSSR count). The summed E-state index contributed by atoms with van der Waals surface area (Å²) in [4.78, 5) is 0. The minimum Gasteiger partial charge on any atom is -0.489 e. The van der Waals surface area contributed by atoms with Crippen LogP contribution in [0.15, 0.2) is 54.6 Å². The van der Waals surface area contributed by atoms with Crippen LogP contribution in [0.3, 0.4) is 0 Å². The van der Waals surface area contributed by atoms with Gasteiger partial charge in [-0.25, -0.2) is 4.42 Å². The van der Waals surface area contributed by atoms with Gasteiger partial charge >= 0.3 is 0 Å². The second-order valence-electron chi connectivity index (χ2n) is 5.43. The molecule has 0 atom stereocenters. The number of ether oxygens (including phenoxy) is 1. The highest BCUT2D eigenvalue weighted by atomic mass is 35.5. The average molecular weight is 318 g/mol. The molecular formula is C19H24ClNO. The molecule has 0 heterocycles. The number of hydrogen-bond donors (Lipinski definition) is 0. The summed E-state index contributed by atoms with van der Waals surface area (Å²) in [6, 6.07) is 18.5.